The maximum Gasteiger partial charge on any atom is 0.313 e. The van der Waals surface area contributed by atoms with Crippen molar-refractivity contribution >= 4 is 31.1 Å². The quantitative estimate of drug-likeness (QED) is 0.457. The fraction of sp³-hybridized carbons (Fsp3) is 1.00. The van der Waals surface area contributed by atoms with Crippen molar-refractivity contribution in [3.8, 4) is 0 Å². The summed E-state index contributed by atoms with van der Waals surface area (Å²) in [6.45, 7) is 0. The molecule has 0 atom stereocenters. The molecular formula is C5H13O6S3+. The molecule has 0 bridgehead atoms. The first-order valence-electron chi connectivity index (χ1n) is 3.38. The van der Waals surface area contributed by atoms with Gasteiger partial charge in [-0.05, 0) is 0 Å². The number of hydrogen-bond donors (Lipinski definition) is 0. The second-order valence-electron chi connectivity index (χ2n) is 2.47. The molecule has 0 aliphatic heterocycles. The summed E-state index contributed by atoms with van der Waals surface area (Å²) in [5.41, 5.74) is 0. The fourth-order valence-corrected chi connectivity index (χ4v) is 6.22. The van der Waals surface area contributed by atoms with Gasteiger partial charge in [-0.3, -0.25) is 8.37 Å². The zero-order valence-electron chi connectivity index (χ0n) is 8.09. The molecule has 9 heteroatoms. The van der Waals surface area contributed by atoms with Crippen molar-refractivity contribution in [2.24, 2.45) is 0 Å². The van der Waals surface area contributed by atoms with E-state index in [1.54, 1.807) is 0 Å². The van der Waals surface area contributed by atoms with Crippen LogP contribution < -0.4 is 0 Å². The van der Waals surface area contributed by atoms with E-state index in [9.17, 15) is 16.8 Å². The van der Waals surface area contributed by atoms with Crippen LogP contribution in [0.4, 0.5) is 0 Å². The normalized spacial score (nSPS) is 13.4. The molecule has 0 rings (SSSR count). The zero-order chi connectivity index (χ0) is 11.4. The second-order valence-corrected chi connectivity index (χ2v) is 8.81. The van der Waals surface area contributed by atoms with Gasteiger partial charge in [0.15, 0.2) is 0 Å². The van der Waals surface area contributed by atoms with E-state index in [-0.39, 0.29) is 10.2 Å². The molecule has 0 heterocycles. The molecule has 0 saturated carbocycles. The van der Waals surface area contributed by atoms with Gasteiger partial charge in [0.1, 0.15) is 0 Å². The summed E-state index contributed by atoms with van der Waals surface area (Å²) in [5, 5.41) is -0.627. The summed E-state index contributed by atoms with van der Waals surface area (Å²) >= 11 is 0. The van der Waals surface area contributed by atoms with Crippen molar-refractivity contribution in [1.82, 2.24) is 0 Å². The Morgan fingerprint density at radius 2 is 1.21 bits per heavy atom. The third-order valence-electron chi connectivity index (χ3n) is 1.20. The van der Waals surface area contributed by atoms with E-state index >= 15 is 0 Å². The van der Waals surface area contributed by atoms with Gasteiger partial charge in [-0.2, -0.15) is 16.8 Å². The Kier molecular flexibility index (Phi) is 5.37. The van der Waals surface area contributed by atoms with Crippen molar-refractivity contribution < 1.29 is 25.2 Å². The molecule has 0 amide bonds. The Labute approximate surface area is 87.2 Å². The van der Waals surface area contributed by atoms with E-state index in [0.29, 0.717) is 0 Å². The highest BCUT2D eigenvalue weighted by Crippen LogP contribution is 2.04. The summed E-state index contributed by atoms with van der Waals surface area (Å²) in [6.07, 6.45) is 1.52. The molecule has 14 heavy (non-hydrogen) atoms. The van der Waals surface area contributed by atoms with Crippen molar-refractivity contribution in [3.63, 3.8) is 0 Å². The zero-order valence-corrected chi connectivity index (χ0v) is 10.5. The van der Waals surface area contributed by atoms with Crippen LogP contribution in [0.3, 0.4) is 0 Å². The summed E-state index contributed by atoms with van der Waals surface area (Å²) < 4.78 is 52.1. The first-order chi connectivity index (χ1) is 6.22. The predicted molar refractivity (Wildman–Crippen MR) is 54.9 cm³/mol. The summed E-state index contributed by atoms with van der Waals surface area (Å²) in [5.74, 6) is 0. The summed E-state index contributed by atoms with van der Waals surface area (Å²) in [6, 6.07) is 0. The van der Waals surface area contributed by atoms with Gasteiger partial charge in [-0.25, -0.2) is 0 Å². The van der Waals surface area contributed by atoms with Crippen LogP contribution in [0, 0.1) is 0 Å². The number of hydrogen-bond acceptors (Lipinski definition) is 6. The maximum absolute atomic E-state index is 10.9. The lowest BCUT2D eigenvalue weighted by Gasteiger charge is -2.02. The smallest absolute Gasteiger partial charge is 0.270 e. The highest BCUT2D eigenvalue weighted by molar-refractivity contribution is 8.15. The second kappa shape index (κ2) is 5.31. The van der Waals surface area contributed by atoms with Crippen molar-refractivity contribution in [1.29, 1.82) is 0 Å². The van der Waals surface area contributed by atoms with Crippen LogP contribution in [-0.2, 0) is 39.5 Å². The van der Waals surface area contributed by atoms with E-state index in [4.69, 9.17) is 0 Å². The minimum atomic E-state index is -3.61. The number of rotatable bonds is 6. The molecule has 0 aliphatic rings. The molecule has 0 aliphatic carbocycles. The van der Waals surface area contributed by atoms with Crippen LogP contribution in [-0.4, -0.2) is 47.5 Å². The van der Waals surface area contributed by atoms with Gasteiger partial charge in [0.25, 0.3) is 0 Å². The molecule has 0 spiro atoms. The van der Waals surface area contributed by atoms with Crippen LogP contribution in [0.5, 0.6) is 0 Å². The Bertz CT molecular complexity index is 319. The molecule has 0 unspecified atom stereocenters. The molecule has 0 fully saturated rings. The van der Waals surface area contributed by atoms with Gasteiger partial charge in [-0.1, -0.05) is 0 Å². The Hall–Kier alpha value is 0.170. The Balaban J connectivity index is 4.33. The van der Waals surface area contributed by atoms with Crippen molar-refractivity contribution in [2.75, 3.05) is 30.6 Å². The Morgan fingerprint density at radius 3 is 1.43 bits per heavy atom. The molecule has 86 valence electrons. The first-order valence-corrected chi connectivity index (χ1v) is 8.51. The van der Waals surface area contributed by atoms with E-state index in [0.717, 1.165) is 14.2 Å². The minimum Gasteiger partial charge on any atom is -0.270 e. The summed E-state index contributed by atoms with van der Waals surface area (Å²) in [7, 11) is -5.97. The molecule has 0 aromatic carbocycles. The third kappa shape index (κ3) is 5.81. The monoisotopic (exact) mass is 265 g/mol. The van der Waals surface area contributed by atoms with E-state index in [1.807, 2.05) is 0 Å². The van der Waals surface area contributed by atoms with Gasteiger partial charge in [0.05, 0.1) is 20.5 Å². The topological polar surface area (TPSA) is 86.7 Å². The largest absolute Gasteiger partial charge is 0.313 e. The van der Waals surface area contributed by atoms with Crippen LogP contribution in [0.15, 0.2) is 0 Å². The maximum atomic E-state index is 10.9. The SMILES string of the molecule is COS(=O)(=O)C[S+](C)CS(=O)(=O)OC. The van der Waals surface area contributed by atoms with Crippen molar-refractivity contribution in [3.05, 3.63) is 0 Å². The van der Waals surface area contributed by atoms with Gasteiger partial charge < -0.3 is 0 Å². The lowest BCUT2D eigenvalue weighted by atomic mass is 11.8. The van der Waals surface area contributed by atoms with Crippen LogP contribution >= 0.6 is 0 Å². The summed E-state index contributed by atoms with van der Waals surface area (Å²) in [4.78, 5) is 0. The average molecular weight is 265 g/mol. The average Bonchev–Trinajstić information content (AvgIpc) is 2.02. The molecule has 0 aromatic heterocycles. The van der Waals surface area contributed by atoms with Crippen LogP contribution in [0.25, 0.3) is 0 Å². The molecule has 0 saturated heterocycles. The third-order valence-corrected chi connectivity index (χ3v) is 7.74. The van der Waals surface area contributed by atoms with Crippen LogP contribution in [0.1, 0.15) is 0 Å². The van der Waals surface area contributed by atoms with Gasteiger partial charge in [0.2, 0.25) is 10.2 Å². The van der Waals surface area contributed by atoms with E-state index in [1.165, 1.54) is 6.26 Å². The standard InChI is InChI=1S/C5H13O6S3/c1-10-13(6,7)4-12(3)5-14(8,9)11-2/h4-5H2,1-3H3/q+1. The minimum absolute atomic E-state index is 0.313. The Morgan fingerprint density at radius 1 is 0.929 bits per heavy atom. The van der Waals surface area contributed by atoms with Crippen molar-refractivity contribution in [2.45, 2.75) is 0 Å². The fourth-order valence-electron chi connectivity index (χ4n) is 0.623. The highest BCUT2D eigenvalue weighted by atomic mass is 32.3. The molecule has 6 nitrogen and oxygen atoms in total. The highest BCUT2D eigenvalue weighted by Gasteiger charge is 2.28. The van der Waals surface area contributed by atoms with E-state index in [2.05, 4.69) is 8.37 Å². The van der Waals surface area contributed by atoms with Gasteiger partial charge >= 0.3 is 20.2 Å². The lowest BCUT2D eigenvalue weighted by Crippen LogP contribution is -2.24. The molecule has 0 radical (unpaired) electrons. The molecule has 0 N–H and O–H groups in total. The van der Waals surface area contributed by atoms with Crippen LogP contribution in [0.2, 0.25) is 0 Å². The van der Waals surface area contributed by atoms with Gasteiger partial charge in [-0.15, -0.1) is 0 Å². The lowest BCUT2D eigenvalue weighted by molar-refractivity contribution is 0.402. The first kappa shape index (κ1) is 14.2. The molecular weight excluding hydrogens is 252 g/mol. The van der Waals surface area contributed by atoms with E-state index < -0.39 is 31.1 Å². The molecule has 0 aromatic rings. The van der Waals surface area contributed by atoms with Gasteiger partial charge in [0, 0.05) is 10.9 Å². The predicted octanol–water partition coefficient (Wildman–Crippen LogP) is -0.898.